The summed E-state index contributed by atoms with van der Waals surface area (Å²) in [4.78, 5) is 0. The zero-order valence-corrected chi connectivity index (χ0v) is 17.9. The minimum Gasteiger partial charge on any atom is -0.344 e. The highest BCUT2D eigenvalue weighted by molar-refractivity contribution is 5.95. The second-order valence-corrected chi connectivity index (χ2v) is 7.98. The van der Waals surface area contributed by atoms with E-state index in [2.05, 4.69) is 111 Å². The van der Waals surface area contributed by atoms with Crippen LogP contribution in [0, 0.1) is 0 Å². The third-order valence-corrected chi connectivity index (χ3v) is 6.77. The van der Waals surface area contributed by atoms with Crippen LogP contribution in [0.2, 0.25) is 0 Å². The lowest BCUT2D eigenvalue weighted by molar-refractivity contribution is 0.492. The molecule has 0 saturated carbocycles. The van der Waals surface area contributed by atoms with Crippen LogP contribution in [0.25, 0.3) is 33.4 Å². The second kappa shape index (κ2) is 7.93. The molecule has 0 saturated heterocycles. The first-order chi connectivity index (χ1) is 14.3. The second-order valence-electron chi connectivity index (χ2n) is 7.98. The summed E-state index contributed by atoms with van der Waals surface area (Å²) in [5.74, 6) is 0. The fraction of sp³-hybridized carbons (Fsp3) is 0.172. The van der Waals surface area contributed by atoms with Crippen LogP contribution in [0.4, 0.5) is 0 Å². The Labute approximate surface area is 180 Å². The molecule has 1 heteroatoms. The lowest BCUT2D eigenvalue weighted by atomic mass is 9.70. The summed E-state index contributed by atoms with van der Waals surface area (Å²) >= 11 is 0. The number of hydrogen-bond donors (Lipinski definition) is 1. The minimum absolute atomic E-state index is 0. The first-order valence-electron chi connectivity index (χ1n) is 10.7. The molecular weight excluding hydrogens is 362 g/mol. The van der Waals surface area contributed by atoms with Crippen LogP contribution < -0.4 is 6.15 Å². The van der Waals surface area contributed by atoms with E-state index in [1.54, 1.807) is 0 Å². The van der Waals surface area contributed by atoms with E-state index in [1.165, 1.54) is 44.5 Å². The van der Waals surface area contributed by atoms with Crippen LogP contribution in [0.1, 0.15) is 37.8 Å². The molecule has 1 aliphatic rings. The average Bonchev–Trinajstić information content (AvgIpc) is 3.10. The highest BCUT2D eigenvalue weighted by Crippen LogP contribution is 2.57. The fourth-order valence-electron chi connectivity index (χ4n) is 5.34. The maximum atomic E-state index is 2.36. The van der Waals surface area contributed by atoms with Crippen LogP contribution in [-0.4, -0.2) is 0 Å². The van der Waals surface area contributed by atoms with Crippen molar-refractivity contribution in [1.82, 2.24) is 6.15 Å². The Hall–Kier alpha value is -3.16. The first kappa shape index (κ1) is 20.1. The van der Waals surface area contributed by atoms with Gasteiger partial charge in [-0.15, -0.1) is 0 Å². The molecule has 0 spiro atoms. The molecule has 0 unspecified atom stereocenters. The summed E-state index contributed by atoms with van der Waals surface area (Å²) in [6.45, 7) is 4.69. The largest absolute Gasteiger partial charge is 0.344 e. The normalized spacial score (nSPS) is 13.3. The summed E-state index contributed by atoms with van der Waals surface area (Å²) in [7, 11) is 0. The van der Waals surface area contributed by atoms with Crippen molar-refractivity contribution in [3.8, 4) is 33.4 Å². The van der Waals surface area contributed by atoms with Gasteiger partial charge in [0.1, 0.15) is 0 Å². The van der Waals surface area contributed by atoms with Crippen molar-refractivity contribution in [3.05, 3.63) is 108 Å². The molecule has 4 aromatic rings. The molecular formula is C29H29N. The third-order valence-electron chi connectivity index (χ3n) is 6.77. The molecule has 0 aromatic heterocycles. The van der Waals surface area contributed by atoms with Crippen molar-refractivity contribution < 1.29 is 0 Å². The quantitative estimate of drug-likeness (QED) is 0.373. The van der Waals surface area contributed by atoms with E-state index in [4.69, 9.17) is 0 Å². The monoisotopic (exact) mass is 391 g/mol. The average molecular weight is 392 g/mol. The van der Waals surface area contributed by atoms with Crippen molar-refractivity contribution >= 4 is 0 Å². The van der Waals surface area contributed by atoms with Gasteiger partial charge in [0.2, 0.25) is 0 Å². The van der Waals surface area contributed by atoms with E-state index in [0.717, 1.165) is 12.8 Å². The molecule has 3 N–H and O–H groups in total. The molecule has 1 nitrogen and oxygen atoms in total. The smallest absolute Gasteiger partial charge is 0.0216 e. The standard InChI is InChI=1S/C29H26.H3N/c1-3-29(4-2)26-18-12-11-17-24(26)25-20-19-23(21-13-7-5-8-14-21)27(28(25)29)22-15-9-6-10-16-22;/h5-20H,3-4H2,1-2H3;1H3. The summed E-state index contributed by atoms with van der Waals surface area (Å²) in [6.07, 6.45) is 2.21. The SMILES string of the molecule is CCC1(CC)c2ccccc2-c2ccc(-c3ccccc3)c(-c3ccccc3)c21.N. The number of rotatable bonds is 4. The number of benzene rings is 4. The van der Waals surface area contributed by atoms with Crippen molar-refractivity contribution in [2.75, 3.05) is 0 Å². The maximum Gasteiger partial charge on any atom is 0.0216 e. The lowest BCUT2D eigenvalue weighted by Gasteiger charge is -2.32. The topological polar surface area (TPSA) is 35.0 Å². The molecule has 1 aliphatic carbocycles. The van der Waals surface area contributed by atoms with Gasteiger partial charge < -0.3 is 6.15 Å². The highest BCUT2D eigenvalue weighted by Gasteiger charge is 2.42. The molecule has 0 fully saturated rings. The predicted molar refractivity (Wildman–Crippen MR) is 129 cm³/mol. The molecule has 5 rings (SSSR count). The van der Waals surface area contributed by atoms with Gasteiger partial charge in [-0.05, 0) is 57.3 Å². The van der Waals surface area contributed by atoms with Gasteiger partial charge >= 0.3 is 0 Å². The van der Waals surface area contributed by atoms with Crippen LogP contribution in [0.15, 0.2) is 97.1 Å². The van der Waals surface area contributed by atoms with Gasteiger partial charge in [-0.1, -0.05) is 111 Å². The van der Waals surface area contributed by atoms with Gasteiger partial charge in [-0.25, -0.2) is 0 Å². The van der Waals surface area contributed by atoms with Gasteiger partial charge in [0.15, 0.2) is 0 Å². The highest BCUT2D eigenvalue weighted by atomic mass is 14.4. The van der Waals surface area contributed by atoms with Crippen LogP contribution in [0.3, 0.4) is 0 Å². The van der Waals surface area contributed by atoms with E-state index in [0.29, 0.717) is 0 Å². The molecule has 4 aromatic carbocycles. The van der Waals surface area contributed by atoms with E-state index in [1.807, 2.05) is 0 Å². The Bertz CT molecular complexity index is 1160. The van der Waals surface area contributed by atoms with Gasteiger partial charge in [0.05, 0.1) is 0 Å². The lowest BCUT2D eigenvalue weighted by Crippen LogP contribution is -2.24. The molecule has 0 aliphatic heterocycles. The predicted octanol–water partition coefficient (Wildman–Crippen LogP) is 8.27. The van der Waals surface area contributed by atoms with Gasteiger partial charge in [0.25, 0.3) is 0 Å². The summed E-state index contributed by atoms with van der Waals surface area (Å²) in [5, 5.41) is 0. The molecule has 0 heterocycles. The zero-order valence-electron chi connectivity index (χ0n) is 17.9. The van der Waals surface area contributed by atoms with Crippen molar-refractivity contribution in [1.29, 1.82) is 0 Å². The summed E-state index contributed by atoms with van der Waals surface area (Å²) in [5.41, 5.74) is 11.2. The Kier molecular flexibility index (Phi) is 5.32. The zero-order chi connectivity index (χ0) is 19.8. The Morgan fingerprint density at radius 3 is 1.70 bits per heavy atom. The molecule has 150 valence electrons. The maximum absolute atomic E-state index is 2.36. The minimum atomic E-state index is 0. The van der Waals surface area contributed by atoms with Crippen LogP contribution in [-0.2, 0) is 5.41 Å². The summed E-state index contributed by atoms with van der Waals surface area (Å²) < 4.78 is 0. The number of hydrogen-bond acceptors (Lipinski definition) is 1. The van der Waals surface area contributed by atoms with E-state index >= 15 is 0 Å². The molecule has 0 amide bonds. The van der Waals surface area contributed by atoms with Crippen LogP contribution in [0.5, 0.6) is 0 Å². The summed E-state index contributed by atoms with van der Waals surface area (Å²) in [6, 6.07) is 35.5. The molecule has 0 bridgehead atoms. The van der Waals surface area contributed by atoms with Crippen molar-refractivity contribution in [2.45, 2.75) is 32.1 Å². The Balaban J connectivity index is 0.00000218. The van der Waals surface area contributed by atoms with Gasteiger partial charge in [-0.3, -0.25) is 0 Å². The van der Waals surface area contributed by atoms with Crippen LogP contribution >= 0.6 is 0 Å². The van der Waals surface area contributed by atoms with Gasteiger partial charge in [-0.2, -0.15) is 0 Å². The van der Waals surface area contributed by atoms with E-state index in [9.17, 15) is 0 Å². The van der Waals surface area contributed by atoms with Crippen molar-refractivity contribution in [3.63, 3.8) is 0 Å². The Morgan fingerprint density at radius 1 is 0.533 bits per heavy atom. The van der Waals surface area contributed by atoms with E-state index in [-0.39, 0.29) is 11.6 Å². The van der Waals surface area contributed by atoms with Crippen molar-refractivity contribution in [2.24, 2.45) is 0 Å². The van der Waals surface area contributed by atoms with E-state index < -0.39 is 0 Å². The molecule has 30 heavy (non-hydrogen) atoms. The number of fused-ring (bicyclic) bond motifs is 3. The molecule has 0 atom stereocenters. The molecule has 0 radical (unpaired) electrons. The third kappa shape index (κ3) is 2.81. The van der Waals surface area contributed by atoms with Gasteiger partial charge in [0, 0.05) is 5.41 Å². The first-order valence-corrected chi connectivity index (χ1v) is 10.7. The Morgan fingerprint density at radius 2 is 1.07 bits per heavy atom. The fourth-order valence-corrected chi connectivity index (χ4v) is 5.34.